The van der Waals surface area contributed by atoms with Gasteiger partial charge in [0.05, 0.1) is 13.2 Å². The Labute approximate surface area is 158 Å². The number of fused-ring (bicyclic) bond motifs is 1. The average Bonchev–Trinajstić information content (AvgIpc) is 2.68. The lowest BCUT2D eigenvalue weighted by molar-refractivity contribution is 0.0398. The Morgan fingerprint density at radius 2 is 1.74 bits per heavy atom. The van der Waals surface area contributed by atoms with Crippen molar-refractivity contribution >= 4 is 17.3 Å². The number of morpholine rings is 1. The molecule has 144 valence electrons. The maximum absolute atomic E-state index is 5.64. The van der Waals surface area contributed by atoms with Gasteiger partial charge < -0.3 is 24.8 Å². The minimum atomic E-state index is 0.570. The van der Waals surface area contributed by atoms with Crippen LogP contribution in [0.4, 0.5) is 17.3 Å². The van der Waals surface area contributed by atoms with Gasteiger partial charge in [0, 0.05) is 44.0 Å². The van der Waals surface area contributed by atoms with Gasteiger partial charge in [0.1, 0.15) is 30.7 Å². The van der Waals surface area contributed by atoms with Crippen LogP contribution in [0.1, 0.15) is 5.82 Å². The highest BCUT2D eigenvalue weighted by atomic mass is 16.6. The van der Waals surface area contributed by atoms with E-state index in [1.165, 1.54) is 0 Å². The highest BCUT2D eigenvalue weighted by Gasteiger charge is 2.13. The first-order valence-corrected chi connectivity index (χ1v) is 9.32. The summed E-state index contributed by atoms with van der Waals surface area (Å²) >= 11 is 0. The molecular formula is C19H25N5O3. The van der Waals surface area contributed by atoms with Gasteiger partial charge in [-0.15, -0.1) is 0 Å². The Kier molecular flexibility index (Phi) is 5.55. The van der Waals surface area contributed by atoms with Crippen molar-refractivity contribution in [1.82, 2.24) is 14.9 Å². The van der Waals surface area contributed by atoms with Crippen LogP contribution in [0.5, 0.6) is 11.5 Å². The number of nitrogens with zero attached hydrogens (tertiary/aromatic N) is 3. The lowest BCUT2D eigenvalue weighted by Gasteiger charge is -2.26. The molecule has 1 aromatic heterocycles. The fraction of sp³-hybridized carbons (Fsp3) is 0.474. The molecule has 2 aliphatic rings. The maximum atomic E-state index is 5.64. The van der Waals surface area contributed by atoms with E-state index in [2.05, 4.69) is 25.5 Å². The second kappa shape index (κ2) is 8.41. The summed E-state index contributed by atoms with van der Waals surface area (Å²) in [4.78, 5) is 11.3. The molecule has 8 nitrogen and oxygen atoms in total. The Morgan fingerprint density at radius 3 is 2.59 bits per heavy atom. The minimum absolute atomic E-state index is 0.570. The first kappa shape index (κ1) is 17.8. The van der Waals surface area contributed by atoms with Gasteiger partial charge in [0.15, 0.2) is 11.5 Å². The highest BCUT2D eigenvalue weighted by molar-refractivity contribution is 5.63. The molecule has 2 aromatic rings. The van der Waals surface area contributed by atoms with Crippen LogP contribution in [0, 0.1) is 6.92 Å². The van der Waals surface area contributed by atoms with E-state index >= 15 is 0 Å². The second-order valence-electron chi connectivity index (χ2n) is 6.55. The van der Waals surface area contributed by atoms with E-state index in [4.69, 9.17) is 14.2 Å². The second-order valence-corrected chi connectivity index (χ2v) is 6.55. The van der Waals surface area contributed by atoms with Crippen LogP contribution in [0.15, 0.2) is 24.3 Å². The Balaban J connectivity index is 1.38. The van der Waals surface area contributed by atoms with Gasteiger partial charge in [0.25, 0.3) is 0 Å². The molecule has 0 aliphatic carbocycles. The molecule has 2 N–H and O–H groups in total. The zero-order valence-electron chi connectivity index (χ0n) is 15.5. The van der Waals surface area contributed by atoms with Crippen LogP contribution >= 0.6 is 0 Å². The van der Waals surface area contributed by atoms with E-state index in [0.29, 0.717) is 19.0 Å². The van der Waals surface area contributed by atoms with Crippen LogP contribution in [0.3, 0.4) is 0 Å². The zero-order valence-corrected chi connectivity index (χ0v) is 15.5. The van der Waals surface area contributed by atoms with Gasteiger partial charge in [-0.3, -0.25) is 4.90 Å². The van der Waals surface area contributed by atoms with Crippen LogP contribution in [-0.4, -0.2) is 67.5 Å². The summed E-state index contributed by atoms with van der Waals surface area (Å²) in [6.45, 7) is 8.46. The molecule has 27 heavy (non-hydrogen) atoms. The van der Waals surface area contributed by atoms with Gasteiger partial charge in [-0.1, -0.05) is 0 Å². The lowest BCUT2D eigenvalue weighted by Crippen LogP contribution is -2.39. The number of ether oxygens (including phenoxy) is 3. The van der Waals surface area contributed by atoms with Crippen molar-refractivity contribution in [2.45, 2.75) is 6.92 Å². The summed E-state index contributed by atoms with van der Waals surface area (Å²) < 4.78 is 16.6. The monoisotopic (exact) mass is 371 g/mol. The maximum Gasteiger partial charge on any atom is 0.163 e. The number of nitrogens with one attached hydrogen (secondary N) is 2. The molecule has 1 fully saturated rings. The SMILES string of the molecule is Cc1nc(NCCN2CCOCC2)cc(Nc2ccc3c(c2)OCCO3)n1. The topological polar surface area (TPSA) is 80.8 Å². The molecule has 0 radical (unpaired) electrons. The molecule has 0 saturated carbocycles. The Morgan fingerprint density at radius 1 is 0.963 bits per heavy atom. The summed E-state index contributed by atoms with van der Waals surface area (Å²) in [5, 5.41) is 6.71. The molecule has 0 atom stereocenters. The van der Waals surface area contributed by atoms with E-state index in [0.717, 1.165) is 68.2 Å². The first-order chi connectivity index (χ1) is 13.3. The van der Waals surface area contributed by atoms with Gasteiger partial charge in [-0.25, -0.2) is 9.97 Å². The van der Waals surface area contributed by atoms with Crippen molar-refractivity contribution in [1.29, 1.82) is 0 Å². The predicted molar refractivity (Wildman–Crippen MR) is 103 cm³/mol. The molecule has 0 unspecified atom stereocenters. The normalized spacial score (nSPS) is 16.8. The molecule has 0 bridgehead atoms. The number of anilines is 3. The summed E-state index contributed by atoms with van der Waals surface area (Å²) in [5.74, 6) is 3.80. The summed E-state index contributed by atoms with van der Waals surface area (Å²) in [5.41, 5.74) is 0.900. The van der Waals surface area contributed by atoms with Gasteiger partial charge in [-0.2, -0.15) is 0 Å². The lowest BCUT2D eigenvalue weighted by atomic mass is 10.2. The fourth-order valence-corrected chi connectivity index (χ4v) is 3.16. The van der Waals surface area contributed by atoms with Crippen molar-refractivity contribution in [2.24, 2.45) is 0 Å². The number of rotatable bonds is 6. The van der Waals surface area contributed by atoms with Crippen LogP contribution < -0.4 is 20.1 Å². The molecule has 3 heterocycles. The number of benzene rings is 1. The minimum Gasteiger partial charge on any atom is -0.486 e. The van der Waals surface area contributed by atoms with E-state index in [1.54, 1.807) is 0 Å². The number of hydrogen-bond acceptors (Lipinski definition) is 8. The first-order valence-electron chi connectivity index (χ1n) is 9.32. The fourth-order valence-electron chi connectivity index (χ4n) is 3.16. The standard InChI is InChI=1S/C19H25N5O3/c1-14-21-18(20-4-5-24-6-8-25-9-7-24)13-19(22-14)23-15-2-3-16-17(12-15)27-11-10-26-16/h2-3,12-13H,4-11H2,1H3,(H2,20,21,22,23). The summed E-state index contributed by atoms with van der Waals surface area (Å²) in [6, 6.07) is 7.71. The molecule has 8 heteroatoms. The van der Waals surface area contributed by atoms with Crippen molar-refractivity contribution < 1.29 is 14.2 Å². The van der Waals surface area contributed by atoms with Crippen molar-refractivity contribution in [3.8, 4) is 11.5 Å². The van der Waals surface area contributed by atoms with E-state index in [9.17, 15) is 0 Å². The van der Waals surface area contributed by atoms with Gasteiger partial charge in [0.2, 0.25) is 0 Å². The third kappa shape index (κ3) is 4.78. The van der Waals surface area contributed by atoms with Crippen LogP contribution in [0.25, 0.3) is 0 Å². The van der Waals surface area contributed by atoms with Crippen LogP contribution in [-0.2, 0) is 4.74 Å². The molecule has 0 spiro atoms. The molecular weight excluding hydrogens is 346 g/mol. The van der Waals surface area contributed by atoms with Crippen molar-refractivity contribution in [3.05, 3.63) is 30.1 Å². The highest BCUT2D eigenvalue weighted by Crippen LogP contribution is 2.33. The number of aromatic nitrogens is 2. The van der Waals surface area contributed by atoms with E-state index < -0.39 is 0 Å². The number of hydrogen-bond donors (Lipinski definition) is 2. The van der Waals surface area contributed by atoms with Crippen molar-refractivity contribution in [2.75, 3.05) is 63.2 Å². The van der Waals surface area contributed by atoms with Crippen molar-refractivity contribution in [3.63, 3.8) is 0 Å². The molecule has 2 aliphatic heterocycles. The quantitative estimate of drug-likeness (QED) is 0.799. The Bertz CT molecular complexity index is 780. The largest absolute Gasteiger partial charge is 0.486 e. The number of aryl methyl sites for hydroxylation is 1. The zero-order chi connectivity index (χ0) is 18.5. The molecule has 1 aromatic carbocycles. The summed E-state index contributed by atoms with van der Waals surface area (Å²) in [6.07, 6.45) is 0. The third-order valence-corrected chi connectivity index (χ3v) is 4.49. The van der Waals surface area contributed by atoms with Gasteiger partial charge in [-0.05, 0) is 19.1 Å². The van der Waals surface area contributed by atoms with Crippen LogP contribution in [0.2, 0.25) is 0 Å². The van der Waals surface area contributed by atoms with E-state index in [1.807, 2.05) is 31.2 Å². The smallest absolute Gasteiger partial charge is 0.163 e. The molecule has 0 amide bonds. The summed E-state index contributed by atoms with van der Waals surface area (Å²) in [7, 11) is 0. The third-order valence-electron chi connectivity index (χ3n) is 4.49. The predicted octanol–water partition coefficient (Wildman–Crippen LogP) is 2.04. The molecule has 1 saturated heterocycles. The van der Waals surface area contributed by atoms with E-state index in [-0.39, 0.29) is 0 Å². The average molecular weight is 371 g/mol. The van der Waals surface area contributed by atoms with Gasteiger partial charge >= 0.3 is 0 Å². The Hall–Kier alpha value is -2.58. The molecule has 4 rings (SSSR count).